The zero-order valence-electron chi connectivity index (χ0n) is 6.57. The van der Waals surface area contributed by atoms with E-state index >= 15 is 0 Å². The molecule has 0 N–H and O–H groups in total. The van der Waals surface area contributed by atoms with Gasteiger partial charge >= 0.3 is 0 Å². The Hall–Kier alpha value is -0.900. The molecule has 0 aliphatic carbocycles. The largest absolute Gasteiger partial charge is 0.341 e. The van der Waals surface area contributed by atoms with E-state index in [2.05, 4.69) is 19.9 Å². The lowest BCUT2D eigenvalue weighted by atomic mass is 10.4. The third-order valence-electron chi connectivity index (χ3n) is 1.92. The molecule has 0 radical (unpaired) electrons. The fourth-order valence-electron chi connectivity index (χ4n) is 1.34. The summed E-state index contributed by atoms with van der Waals surface area (Å²) < 4.78 is 0. The van der Waals surface area contributed by atoms with Crippen LogP contribution >= 0.6 is 11.6 Å². The van der Waals surface area contributed by atoms with Crippen molar-refractivity contribution < 1.29 is 0 Å². The van der Waals surface area contributed by atoms with E-state index in [9.17, 15) is 0 Å². The Bertz CT molecular complexity index is 272. The molecule has 12 heavy (non-hydrogen) atoms. The van der Waals surface area contributed by atoms with E-state index in [4.69, 9.17) is 11.6 Å². The van der Waals surface area contributed by atoms with E-state index in [0.29, 0.717) is 5.95 Å². The fraction of sp³-hybridized carbons (Fsp3) is 0.571. The van der Waals surface area contributed by atoms with Crippen molar-refractivity contribution in [1.82, 2.24) is 15.0 Å². The monoisotopic (exact) mass is 184 g/mol. The van der Waals surface area contributed by atoms with E-state index in [1.807, 2.05) is 0 Å². The average Bonchev–Trinajstić information content (AvgIpc) is 2.56. The Kier molecular flexibility index (Phi) is 2.08. The van der Waals surface area contributed by atoms with Crippen molar-refractivity contribution >= 4 is 17.5 Å². The van der Waals surface area contributed by atoms with Gasteiger partial charge in [-0.05, 0) is 24.4 Å². The minimum atomic E-state index is 0.270. The smallest absolute Gasteiger partial charge is 0.229 e. The van der Waals surface area contributed by atoms with Crippen molar-refractivity contribution in [2.24, 2.45) is 0 Å². The lowest BCUT2D eigenvalue weighted by molar-refractivity contribution is 0.879. The van der Waals surface area contributed by atoms with E-state index in [1.165, 1.54) is 19.2 Å². The molecule has 0 atom stereocenters. The maximum atomic E-state index is 5.63. The lowest BCUT2D eigenvalue weighted by Gasteiger charge is -2.13. The Labute approximate surface area is 75.6 Å². The van der Waals surface area contributed by atoms with Crippen molar-refractivity contribution in [2.75, 3.05) is 18.0 Å². The molecule has 0 bridgehead atoms. The topological polar surface area (TPSA) is 41.9 Å². The highest BCUT2D eigenvalue weighted by molar-refractivity contribution is 6.28. The molecular weight excluding hydrogens is 176 g/mol. The molecule has 4 nitrogen and oxygen atoms in total. The third-order valence-corrected chi connectivity index (χ3v) is 2.10. The van der Waals surface area contributed by atoms with Crippen LogP contribution in [0.5, 0.6) is 0 Å². The number of anilines is 1. The summed E-state index contributed by atoms with van der Waals surface area (Å²) in [4.78, 5) is 13.9. The molecular formula is C7H9ClN4. The maximum Gasteiger partial charge on any atom is 0.229 e. The van der Waals surface area contributed by atoms with Crippen LogP contribution in [0.4, 0.5) is 5.95 Å². The molecule has 1 aliphatic rings. The molecule has 2 rings (SSSR count). The van der Waals surface area contributed by atoms with Crippen LogP contribution < -0.4 is 4.90 Å². The van der Waals surface area contributed by atoms with Gasteiger partial charge in [0.15, 0.2) is 0 Å². The molecule has 0 saturated carbocycles. The number of aromatic nitrogens is 3. The maximum absolute atomic E-state index is 5.63. The van der Waals surface area contributed by atoms with Crippen molar-refractivity contribution in [3.8, 4) is 0 Å². The van der Waals surface area contributed by atoms with Crippen molar-refractivity contribution in [2.45, 2.75) is 12.8 Å². The first kappa shape index (κ1) is 7.73. The number of nitrogens with zero attached hydrogens (tertiary/aromatic N) is 4. The predicted molar refractivity (Wildman–Crippen MR) is 46.3 cm³/mol. The molecule has 5 heteroatoms. The van der Waals surface area contributed by atoms with Gasteiger partial charge in [-0.15, -0.1) is 0 Å². The van der Waals surface area contributed by atoms with E-state index < -0.39 is 0 Å². The van der Waals surface area contributed by atoms with E-state index in [-0.39, 0.29) is 5.28 Å². The van der Waals surface area contributed by atoms with Crippen LogP contribution in [0.3, 0.4) is 0 Å². The van der Waals surface area contributed by atoms with Crippen molar-refractivity contribution in [3.05, 3.63) is 11.6 Å². The quantitative estimate of drug-likeness (QED) is 0.656. The van der Waals surface area contributed by atoms with Gasteiger partial charge in [-0.25, -0.2) is 9.97 Å². The highest BCUT2D eigenvalue weighted by Crippen LogP contribution is 2.15. The van der Waals surface area contributed by atoms with Crippen LogP contribution in [0.1, 0.15) is 12.8 Å². The summed E-state index contributed by atoms with van der Waals surface area (Å²) in [6.07, 6.45) is 3.87. The van der Waals surface area contributed by atoms with Gasteiger partial charge in [0.25, 0.3) is 0 Å². The first-order valence-electron chi connectivity index (χ1n) is 3.96. The first-order chi connectivity index (χ1) is 5.86. The van der Waals surface area contributed by atoms with Crippen molar-refractivity contribution in [1.29, 1.82) is 0 Å². The van der Waals surface area contributed by atoms with Gasteiger partial charge in [0.2, 0.25) is 11.2 Å². The van der Waals surface area contributed by atoms with Crippen LogP contribution in [0, 0.1) is 0 Å². The number of halogens is 1. The predicted octanol–water partition coefficient (Wildman–Crippen LogP) is 1.13. The van der Waals surface area contributed by atoms with Crippen LogP contribution in [-0.2, 0) is 0 Å². The van der Waals surface area contributed by atoms with Crippen LogP contribution in [0.2, 0.25) is 5.28 Å². The molecule has 0 amide bonds. The minimum Gasteiger partial charge on any atom is -0.341 e. The van der Waals surface area contributed by atoms with Gasteiger partial charge in [0.1, 0.15) is 6.33 Å². The van der Waals surface area contributed by atoms with Gasteiger partial charge in [-0.2, -0.15) is 4.98 Å². The molecule has 1 saturated heterocycles. The normalized spacial score (nSPS) is 16.9. The highest BCUT2D eigenvalue weighted by atomic mass is 35.5. The molecule has 0 spiro atoms. The second-order valence-electron chi connectivity index (χ2n) is 2.75. The summed E-state index contributed by atoms with van der Waals surface area (Å²) >= 11 is 5.63. The van der Waals surface area contributed by atoms with E-state index in [1.54, 1.807) is 0 Å². The number of hydrogen-bond donors (Lipinski definition) is 0. The third kappa shape index (κ3) is 1.48. The second-order valence-corrected chi connectivity index (χ2v) is 3.09. The summed E-state index contributed by atoms with van der Waals surface area (Å²) in [5, 5.41) is 0.270. The lowest BCUT2D eigenvalue weighted by Crippen LogP contribution is -2.20. The first-order valence-corrected chi connectivity index (χ1v) is 4.33. The Morgan fingerprint density at radius 1 is 1.25 bits per heavy atom. The van der Waals surface area contributed by atoms with Gasteiger partial charge in [-0.3, -0.25) is 0 Å². The molecule has 64 valence electrons. The zero-order valence-corrected chi connectivity index (χ0v) is 7.33. The summed E-state index contributed by atoms with van der Waals surface area (Å²) in [5.41, 5.74) is 0. The number of rotatable bonds is 1. The molecule has 1 fully saturated rings. The Morgan fingerprint density at radius 3 is 2.67 bits per heavy atom. The molecule has 0 aromatic carbocycles. The van der Waals surface area contributed by atoms with Gasteiger partial charge in [0, 0.05) is 13.1 Å². The van der Waals surface area contributed by atoms with Gasteiger partial charge in [-0.1, -0.05) is 0 Å². The fourth-order valence-corrected chi connectivity index (χ4v) is 1.46. The Balaban J connectivity index is 2.21. The second kappa shape index (κ2) is 3.23. The standard InChI is InChI=1S/C7H9ClN4/c8-6-9-5-10-7(11-6)12-3-1-2-4-12/h5H,1-4H2. The van der Waals surface area contributed by atoms with Crippen LogP contribution in [0.15, 0.2) is 6.33 Å². The molecule has 1 aromatic rings. The summed E-state index contributed by atoms with van der Waals surface area (Å²) in [7, 11) is 0. The average molecular weight is 185 g/mol. The van der Waals surface area contributed by atoms with Gasteiger partial charge in [0.05, 0.1) is 0 Å². The van der Waals surface area contributed by atoms with Crippen LogP contribution in [0.25, 0.3) is 0 Å². The minimum absolute atomic E-state index is 0.270. The SMILES string of the molecule is Clc1ncnc(N2CCCC2)n1. The molecule has 2 heterocycles. The summed E-state index contributed by atoms with van der Waals surface area (Å²) in [5.74, 6) is 0.701. The zero-order chi connectivity index (χ0) is 8.39. The van der Waals surface area contributed by atoms with Crippen molar-refractivity contribution in [3.63, 3.8) is 0 Å². The van der Waals surface area contributed by atoms with Crippen LogP contribution in [-0.4, -0.2) is 28.0 Å². The summed E-state index contributed by atoms with van der Waals surface area (Å²) in [6.45, 7) is 2.06. The number of hydrogen-bond acceptors (Lipinski definition) is 4. The van der Waals surface area contributed by atoms with E-state index in [0.717, 1.165) is 13.1 Å². The molecule has 0 unspecified atom stereocenters. The Morgan fingerprint density at radius 2 is 2.00 bits per heavy atom. The molecule has 1 aliphatic heterocycles. The highest BCUT2D eigenvalue weighted by Gasteiger charge is 2.14. The summed E-state index contributed by atoms with van der Waals surface area (Å²) in [6, 6.07) is 0. The molecule has 1 aromatic heterocycles. The van der Waals surface area contributed by atoms with Gasteiger partial charge < -0.3 is 4.90 Å².